The number of ether oxygens (including phenoxy) is 1. The molecule has 1 aliphatic heterocycles. The monoisotopic (exact) mass is 350 g/mol. The molecule has 138 valence electrons. The molecule has 1 atom stereocenters. The Bertz CT molecular complexity index is 704. The van der Waals surface area contributed by atoms with Crippen molar-refractivity contribution in [3.8, 4) is 5.75 Å². The summed E-state index contributed by atoms with van der Waals surface area (Å²) in [5.41, 5.74) is 4.52. The van der Waals surface area contributed by atoms with E-state index in [1.54, 1.807) is 18.2 Å². The minimum absolute atomic E-state index is 0.763. The van der Waals surface area contributed by atoms with Crippen LogP contribution in [-0.4, -0.2) is 44.7 Å². The van der Waals surface area contributed by atoms with Crippen molar-refractivity contribution < 1.29 is 4.74 Å². The Morgan fingerprint density at radius 2 is 1.73 bits per heavy atom. The first-order valence-electron chi connectivity index (χ1n) is 10.0. The number of piperazine rings is 1. The Kier molecular flexibility index (Phi) is 5.45. The maximum absolute atomic E-state index is 5.26. The number of hydrogen-bond donors (Lipinski definition) is 0. The van der Waals surface area contributed by atoms with Gasteiger partial charge in [-0.25, -0.2) is 0 Å². The van der Waals surface area contributed by atoms with Gasteiger partial charge in [0, 0.05) is 31.9 Å². The van der Waals surface area contributed by atoms with E-state index in [2.05, 4.69) is 58.3 Å². The van der Waals surface area contributed by atoms with Crippen LogP contribution < -0.4 is 9.64 Å². The SMILES string of the molecule is COc1ccc(N2CCN(CCC3CCCc4ccccc43)CC2)cc1. The van der Waals surface area contributed by atoms with Crippen LogP contribution in [0.3, 0.4) is 0 Å². The molecule has 3 heteroatoms. The third-order valence-electron chi connectivity index (χ3n) is 6.10. The van der Waals surface area contributed by atoms with Crippen LogP contribution in [0.15, 0.2) is 48.5 Å². The lowest BCUT2D eigenvalue weighted by molar-refractivity contribution is 0.245. The number of nitrogens with zero attached hydrogens (tertiary/aromatic N) is 2. The molecule has 2 aromatic rings. The highest BCUT2D eigenvalue weighted by Crippen LogP contribution is 2.34. The third-order valence-corrected chi connectivity index (χ3v) is 6.10. The van der Waals surface area contributed by atoms with Crippen molar-refractivity contribution in [1.29, 1.82) is 0 Å². The predicted octanol–water partition coefficient (Wildman–Crippen LogP) is 4.33. The first-order chi connectivity index (χ1) is 12.8. The second-order valence-electron chi connectivity index (χ2n) is 7.60. The average molecular weight is 351 g/mol. The molecule has 1 fully saturated rings. The second kappa shape index (κ2) is 8.13. The quantitative estimate of drug-likeness (QED) is 0.798. The van der Waals surface area contributed by atoms with E-state index in [1.807, 2.05) is 0 Å². The van der Waals surface area contributed by atoms with Crippen molar-refractivity contribution >= 4 is 5.69 Å². The molecule has 0 spiro atoms. The molecule has 0 radical (unpaired) electrons. The summed E-state index contributed by atoms with van der Waals surface area (Å²) in [6, 6.07) is 17.6. The van der Waals surface area contributed by atoms with Gasteiger partial charge in [-0.2, -0.15) is 0 Å². The molecule has 0 bridgehead atoms. The largest absolute Gasteiger partial charge is 0.497 e. The van der Waals surface area contributed by atoms with Crippen LogP contribution in [0.5, 0.6) is 5.75 Å². The minimum Gasteiger partial charge on any atom is -0.497 e. The maximum Gasteiger partial charge on any atom is 0.119 e. The van der Waals surface area contributed by atoms with Crippen LogP contribution in [0.4, 0.5) is 5.69 Å². The Labute approximate surface area is 157 Å². The molecule has 1 aliphatic carbocycles. The first-order valence-corrected chi connectivity index (χ1v) is 10.0. The molecule has 1 unspecified atom stereocenters. The highest BCUT2D eigenvalue weighted by atomic mass is 16.5. The highest BCUT2D eigenvalue weighted by Gasteiger charge is 2.22. The third kappa shape index (κ3) is 3.88. The van der Waals surface area contributed by atoms with Gasteiger partial charge in [-0.3, -0.25) is 4.90 Å². The number of anilines is 1. The summed E-state index contributed by atoms with van der Waals surface area (Å²) in [6.45, 7) is 5.80. The van der Waals surface area contributed by atoms with Crippen LogP contribution in [0.1, 0.15) is 36.3 Å². The fourth-order valence-corrected chi connectivity index (χ4v) is 4.52. The molecule has 0 N–H and O–H groups in total. The van der Waals surface area contributed by atoms with Crippen molar-refractivity contribution in [2.45, 2.75) is 31.6 Å². The Balaban J connectivity index is 1.28. The van der Waals surface area contributed by atoms with Gasteiger partial charge in [-0.1, -0.05) is 24.3 Å². The molecule has 0 amide bonds. The molecule has 0 aromatic heterocycles. The summed E-state index contributed by atoms with van der Waals surface area (Å²) >= 11 is 0. The Hall–Kier alpha value is -2.00. The van der Waals surface area contributed by atoms with Crippen molar-refractivity contribution in [2.75, 3.05) is 44.7 Å². The molecule has 4 rings (SSSR count). The van der Waals surface area contributed by atoms with Gasteiger partial charge in [0.05, 0.1) is 7.11 Å². The number of rotatable bonds is 5. The molecule has 1 heterocycles. The van der Waals surface area contributed by atoms with Crippen LogP contribution in [0.25, 0.3) is 0 Å². The normalized spacial score (nSPS) is 20.7. The van der Waals surface area contributed by atoms with E-state index in [0.717, 1.165) is 24.8 Å². The average Bonchev–Trinajstić information content (AvgIpc) is 2.73. The summed E-state index contributed by atoms with van der Waals surface area (Å²) in [7, 11) is 1.72. The zero-order valence-electron chi connectivity index (χ0n) is 15.9. The maximum atomic E-state index is 5.26. The Morgan fingerprint density at radius 1 is 0.962 bits per heavy atom. The molecule has 26 heavy (non-hydrogen) atoms. The van der Waals surface area contributed by atoms with Gasteiger partial charge in [0.1, 0.15) is 5.75 Å². The van der Waals surface area contributed by atoms with E-state index < -0.39 is 0 Å². The topological polar surface area (TPSA) is 15.7 Å². The molecule has 2 aliphatic rings. The standard InChI is InChI=1S/C23H30N2O/c1-26-22-11-9-21(10-12-22)25-17-15-24(16-18-25)14-13-20-7-4-6-19-5-2-3-8-23(19)20/h2-3,5,8-12,20H,4,6-7,13-18H2,1H3. The Morgan fingerprint density at radius 3 is 2.50 bits per heavy atom. The van der Waals surface area contributed by atoms with Gasteiger partial charge in [0.2, 0.25) is 0 Å². The molecule has 2 aromatic carbocycles. The predicted molar refractivity (Wildman–Crippen MR) is 108 cm³/mol. The zero-order valence-corrected chi connectivity index (χ0v) is 15.9. The van der Waals surface area contributed by atoms with Crippen molar-refractivity contribution in [2.24, 2.45) is 0 Å². The number of methoxy groups -OCH3 is 1. The van der Waals surface area contributed by atoms with Crippen molar-refractivity contribution in [3.63, 3.8) is 0 Å². The smallest absolute Gasteiger partial charge is 0.119 e. The lowest BCUT2D eigenvalue weighted by atomic mass is 9.81. The lowest BCUT2D eigenvalue weighted by Gasteiger charge is -2.37. The van der Waals surface area contributed by atoms with Gasteiger partial charge in [0.15, 0.2) is 0 Å². The number of hydrogen-bond acceptors (Lipinski definition) is 3. The zero-order chi connectivity index (χ0) is 17.8. The van der Waals surface area contributed by atoms with Gasteiger partial charge in [0.25, 0.3) is 0 Å². The number of benzene rings is 2. The van der Waals surface area contributed by atoms with E-state index in [-0.39, 0.29) is 0 Å². The van der Waals surface area contributed by atoms with E-state index in [1.165, 1.54) is 51.0 Å². The van der Waals surface area contributed by atoms with E-state index in [9.17, 15) is 0 Å². The van der Waals surface area contributed by atoms with Gasteiger partial charge in [-0.05, 0) is 73.5 Å². The fraction of sp³-hybridized carbons (Fsp3) is 0.478. The van der Waals surface area contributed by atoms with Crippen LogP contribution in [0.2, 0.25) is 0 Å². The summed E-state index contributed by atoms with van der Waals surface area (Å²) in [4.78, 5) is 5.14. The first kappa shape index (κ1) is 17.4. The highest BCUT2D eigenvalue weighted by molar-refractivity contribution is 5.49. The van der Waals surface area contributed by atoms with E-state index in [0.29, 0.717) is 0 Å². The summed E-state index contributed by atoms with van der Waals surface area (Å²) in [5, 5.41) is 0. The van der Waals surface area contributed by atoms with Gasteiger partial charge in [-0.15, -0.1) is 0 Å². The fourth-order valence-electron chi connectivity index (χ4n) is 4.52. The molecule has 0 saturated carbocycles. The molecular weight excluding hydrogens is 320 g/mol. The molecule has 3 nitrogen and oxygen atoms in total. The second-order valence-corrected chi connectivity index (χ2v) is 7.60. The number of aryl methyl sites for hydroxylation is 1. The van der Waals surface area contributed by atoms with Crippen LogP contribution in [-0.2, 0) is 6.42 Å². The lowest BCUT2D eigenvalue weighted by Crippen LogP contribution is -2.46. The van der Waals surface area contributed by atoms with Gasteiger partial charge < -0.3 is 9.64 Å². The molecule has 1 saturated heterocycles. The van der Waals surface area contributed by atoms with E-state index >= 15 is 0 Å². The van der Waals surface area contributed by atoms with Crippen molar-refractivity contribution in [1.82, 2.24) is 4.90 Å². The van der Waals surface area contributed by atoms with E-state index in [4.69, 9.17) is 4.74 Å². The van der Waals surface area contributed by atoms with Gasteiger partial charge >= 0.3 is 0 Å². The van der Waals surface area contributed by atoms with Crippen molar-refractivity contribution in [3.05, 3.63) is 59.7 Å². The van der Waals surface area contributed by atoms with Crippen LogP contribution in [0, 0.1) is 0 Å². The summed E-state index contributed by atoms with van der Waals surface area (Å²) in [5.74, 6) is 1.69. The number of fused-ring (bicyclic) bond motifs is 1. The summed E-state index contributed by atoms with van der Waals surface area (Å²) in [6.07, 6.45) is 5.29. The van der Waals surface area contributed by atoms with Crippen LogP contribution >= 0.6 is 0 Å². The summed E-state index contributed by atoms with van der Waals surface area (Å²) < 4.78 is 5.26. The minimum atomic E-state index is 0.763. The molecular formula is C23H30N2O.